The highest BCUT2D eigenvalue weighted by Gasteiger charge is 2.30. The Morgan fingerprint density at radius 1 is 1.29 bits per heavy atom. The first-order valence-electron chi connectivity index (χ1n) is 7.07. The number of anilines is 1. The monoisotopic (exact) mass is 293 g/mol. The number of benzene rings is 1. The van der Waals surface area contributed by atoms with Gasteiger partial charge in [-0.25, -0.2) is 0 Å². The van der Waals surface area contributed by atoms with Crippen LogP contribution in [-0.4, -0.2) is 63.9 Å². The summed E-state index contributed by atoms with van der Waals surface area (Å²) in [5, 5.41) is 0. The molecule has 0 radical (unpaired) electrons. The van der Waals surface area contributed by atoms with Gasteiger partial charge in [-0.3, -0.25) is 9.69 Å². The van der Waals surface area contributed by atoms with Gasteiger partial charge in [-0.05, 0) is 24.3 Å². The summed E-state index contributed by atoms with van der Waals surface area (Å²) in [5.74, 6) is 0.535. The Labute approximate surface area is 125 Å². The molecule has 0 saturated carbocycles. The topological polar surface area (TPSA) is 68.0 Å². The van der Waals surface area contributed by atoms with Crippen molar-refractivity contribution in [1.29, 1.82) is 0 Å². The molecule has 1 fully saturated rings. The standard InChI is InChI=1S/C15H23N3O3/c1-20-10-9-17-7-8-18(11-14(17)15(16)19)12-3-5-13(21-2)6-4-12/h3-6,14H,7-11H2,1-2H3,(H2,16,19)/t14-/m1/s1. The average Bonchev–Trinajstić information content (AvgIpc) is 2.52. The fraction of sp³-hybridized carbons (Fsp3) is 0.533. The van der Waals surface area contributed by atoms with Gasteiger partial charge in [0, 0.05) is 39.0 Å². The summed E-state index contributed by atoms with van der Waals surface area (Å²) in [6, 6.07) is 7.57. The maximum Gasteiger partial charge on any atom is 0.236 e. The minimum atomic E-state index is -0.288. The highest BCUT2D eigenvalue weighted by atomic mass is 16.5. The third kappa shape index (κ3) is 3.86. The summed E-state index contributed by atoms with van der Waals surface area (Å²) in [7, 11) is 3.31. The minimum Gasteiger partial charge on any atom is -0.497 e. The minimum absolute atomic E-state index is 0.281. The van der Waals surface area contributed by atoms with Crippen molar-refractivity contribution in [3.05, 3.63) is 24.3 Å². The molecule has 1 aliphatic heterocycles. The first-order valence-corrected chi connectivity index (χ1v) is 7.07. The van der Waals surface area contributed by atoms with Crippen LogP contribution in [-0.2, 0) is 9.53 Å². The highest BCUT2D eigenvalue weighted by molar-refractivity contribution is 5.81. The van der Waals surface area contributed by atoms with Crippen molar-refractivity contribution in [2.24, 2.45) is 5.73 Å². The van der Waals surface area contributed by atoms with Crippen LogP contribution in [0.2, 0.25) is 0 Å². The van der Waals surface area contributed by atoms with Crippen molar-refractivity contribution in [3.8, 4) is 5.75 Å². The molecular weight excluding hydrogens is 270 g/mol. The van der Waals surface area contributed by atoms with Crippen LogP contribution in [0.5, 0.6) is 5.75 Å². The predicted molar refractivity (Wildman–Crippen MR) is 81.6 cm³/mol. The predicted octanol–water partition coefficient (Wildman–Crippen LogP) is 0.318. The lowest BCUT2D eigenvalue weighted by Crippen LogP contribution is -2.58. The number of rotatable bonds is 6. The molecule has 0 aliphatic carbocycles. The zero-order valence-corrected chi connectivity index (χ0v) is 12.6. The second kappa shape index (κ2) is 7.28. The van der Waals surface area contributed by atoms with E-state index in [1.807, 2.05) is 24.3 Å². The molecule has 1 aromatic carbocycles. The molecule has 1 heterocycles. The Bertz CT molecular complexity index is 464. The second-order valence-corrected chi connectivity index (χ2v) is 5.09. The molecular formula is C15H23N3O3. The molecule has 21 heavy (non-hydrogen) atoms. The van der Waals surface area contributed by atoms with E-state index in [0.29, 0.717) is 13.2 Å². The van der Waals surface area contributed by atoms with Gasteiger partial charge in [0.2, 0.25) is 5.91 Å². The molecule has 0 unspecified atom stereocenters. The summed E-state index contributed by atoms with van der Waals surface area (Å²) < 4.78 is 10.3. The fourth-order valence-electron chi connectivity index (χ4n) is 2.59. The van der Waals surface area contributed by atoms with Gasteiger partial charge < -0.3 is 20.1 Å². The molecule has 1 amide bonds. The molecule has 2 rings (SSSR count). The maximum absolute atomic E-state index is 11.7. The number of nitrogens with two attached hydrogens (primary N) is 1. The maximum atomic E-state index is 11.7. The van der Waals surface area contributed by atoms with E-state index in [1.165, 1.54) is 0 Å². The van der Waals surface area contributed by atoms with Crippen LogP contribution in [0.15, 0.2) is 24.3 Å². The largest absolute Gasteiger partial charge is 0.497 e. The van der Waals surface area contributed by atoms with Crippen LogP contribution in [0.25, 0.3) is 0 Å². The first-order chi connectivity index (χ1) is 10.2. The number of carbonyl (C=O) groups excluding carboxylic acids is 1. The number of nitrogens with zero attached hydrogens (tertiary/aromatic N) is 2. The summed E-state index contributed by atoms with van der Waals surface area (Å²) >= 11 is 0. The zero-order chi connectivity index (χ0) is 15.2. The number of hydrogen-bond acceptors (Lipinski definition) is 5. The lowest BCUT2D eigenvalue weighted by Gasteiger charge is -2.40. The molecule has 2 N–H and O–H groups in total. The third-order valence-electron chi connectivity index (χ3n) is 3.84. The van der Waals surface area contributed by atoms with Crippen LogP contribution in [0.1, 0.15) is 0 Å². The third-order valence-corrected chi connectivity index (χ3v) is 3.84. The van der Waals surface area contributed by atoms with Crippen LogP contribution >= 0.6 is 0 Å². The number of primary amides is 1. The van der Waals surface area contributed by atoms with E-state index in [4.69, 9.17) is 15.2 Å². The van der Waals surface area contributed by atoms with Crippen molar-refractivity contribution in [2.75, 3.05) is 51.9 Å². The van der Waals surface area contributed by atoms with E-state index >= 15 is 0 Å². The molecule has 0 bridgehead atoms. The summed E-state index contributed by atoms with van der Waals surface area (Å²) in [6.45, 7) is 3.58. The number of hydrogen-bond donors (Lipinski definition) is 1. The molecule has 0 aromatic heterocycles. The smallest absolute Gasteiger partial charge is 0.236 e. The van der Waals surface area contributed by atoms with Crippen molar-refractivity contribution in [2.45, 2.75) is 6.04 Å². The Morgan fingerprint density at radius 3 is 2.57 bits per heavy atom. The summed E-state index contributed by atoms with van der Waals surface area (Å²) in [4.78, 5) is 16.0. The Hall–Kier alpha value is -1.79. The van der Waals surface area contributed by atoms with E-state index in [2.05, 4.69) is 9.80 Å². The quantitative estimate of drug-likeness (QED) is 0.818. The van der Waals surface area contributed by atoms with E-state index in [9.17, 15) is 4.79 Å². The molecule has 6 heteroatoms. The van der Waals surface area contributed by atoms with Gasteiger partial charge in [-0.15, -0.1) is 0 Å². The molecule has 0 spiro atoms. The van der Waals surface area contributed by atoms with E-state index in [-0.39, 0.29) is 11.9 Å². The summed E-state index contributed by atoms with van der Waals surface area (Å²) in [5.41, 5.74) is 6.62. The Balaban J connectivity index is 2.05. The van der Waals surface area contributed by atoms with Gasteiger partial charge >= 0.3 is 0 Å². The van der Waals surface area contributed by atoms with Crippen LogP contribution in [0, 0.1) is 0 Å². The van der Waals surface area contributed by atoms with Gasteiger partial charge in [0.1, 0.15) is 11.8 Å². The molecule has 1 aliphatic rings. The van der Waals surface area contributed by atoms with Crippen molar-refractivity contribution < 1.29 is 14.3 Å². The lowest BCUT2D eigenvalue weighted by atomic mass is 10.1. The molecule has 1 atom stereocenters. The Kier molecular flexibility index (Phi) is 5.41. The number of carbonyl (C=O) groups is 1. The number of amides is 1. The SMILES string of the molecule is COCCN1CCN(c2ccc(OC)cc2)C[C@@H]1C(N)=O. The van der Waals surface area contributed by atoms with Crippen LogP contribution in [0.4, 0.5) is 5.69 Å². The first kappa shape index (κ1) is 15.6. The molecule has 1 saturated heterocycles. The van der Waals surface area contributed by atoms with Gasteiger partial charge in [0.05, 0.1) is 13.7 Å². The Morgan fingerprint density at radius 2 is 2.00 bits per heavy atom. The molecule has 1 aromatic rings. The second-order valence-electron chi connectivity index (χ2n) is 5.09. The summed E-state index contributed by atoms with van der Waals surface area (Å²) in [6.07, 6.45) is 0. The molecule has 6 nitrogen and oxygen atoms in total. The lowest BCUT2D eigenvalue weighted by molar-refractivity contribution is -0.123. The zero-order valence-electron chi connectivity index (χ0n) is 12.6. The van der Waals surface area contributed by atoms with E-state index in [0.717, 1.165) is 31.1 Å². The van der Waals surface area contributed by atoms with Gasteiger partial charge in [-0.2, -0.15) is 0 Å². The van der Waals surface area contributed by atoms with E-state index < -0.39 is 0 Å². The number of piperazine rings is 1. The van der Waals surface area contributed by atoms with Gasteiger partial charge in [-0.1, -0.05) is 0 Å². The highest BCUT2D eigenvalue weighted by Crippen LogP contribution is 2.22. The van der Waals surface area contributed by atoms with Crippen LogP contribution in [0.3, 0.4) is 0 Å². The van der Waals surface area contributed by atoms with Crippen molar-refractivity contribution in [1.82, 2.24) is 4.90 Å². The van der Waals surface area contributed by atoms with Crippen molar-refractivity contribution >= 4 is 11.6 Å². The molecule has 116 valence electrons. The van der Waals surface area contributed by atoms with E-state index in [1.54, 1.807) is 14.2 Å². The number of ether oxygens (including phenoxy) is 2. The fourth-order valence-corrected chi connectivity index (χ4v) is 2.59. The van der Waals surface area contributed by atoms with Crippen molar-refractivity contribution in [3.63, 3.8) is 0 Å². The average molecular weight is 293 g/mol. The van der Waals surface area contributed by atoms with Gasteiger partial charge in [0.15, 0.2) is 0 Å². The van der Waals surface area contributed by atoms with Gasteiger partial charge in [0.25, 0.3) is 0 Å². The normalized spacial score (nSPS) is 19.5. The number of methoxy groups -OCH3 is 2. The van der Waals surface area contributed by atoms with Crippen LogP contribution < -0.4 is 15.4 Å².